The molecule has 1 N–H and O–H groups in total. The van der Waals surface area contributed by atoms with Gasteiger partial charge in [0.25, 0.3) is 0 Å². The van der Waals surface area contributed by atoms with Crippen molar-refractivity contribution < 1.29 is 0 Å². The van der Waals surface area contributed by atoms with Crippen molar-refractivity contribution in [2.24, 2.45) is 0 Å². The maximum Gasteiger partial charge on any atom is 0.176 e. The molecule has 2 aliphatic carbocycles. The van der Waals surface area contributed by atoms with E-state index in [9.17, 15) is 0 Å². The lowest BCUT2D eigenvalue weighted by molar-refractivity contribution is 0.237. The van der Waals surface area contributed by atoms with Crippen LogP contribution in [0.3, 0.4) is 0 Å². The molecule has 4 rings (SSSR count). The number of rotatable bonds is 4. The van der Waals surface area contributed by atoms with E-state index in [1.165, 1.54) is 50.5 Å². The van der Waals surface area contributed by atoms with Crippen LogP contribution < -0.4 is 5.32 Å². The SMILES string of the molecule is Cc1ccccc1-n1nnnc1C1(NC2CCCCC2)CCCC1. The van der Waals surface area contributed by atoms with E-state index in [4.69, 9.17) is 0 Å². The molecular formula is C19H27N5. The van der Waals surface area contributed by atoms with Gasteiger partial charge in [-0.05, 0) is 54.7 Å². The van der Waals surface area contributed by atoms with Crippen molar-refractivity contribution in [2.45, 2.75) is 76.3 Å². The summed E-state index contributed by atoms with van der Waals surface area (Å²) in [6.45, 7) is 2.12. The second kappa shape index (κ2) is 6.63. The third kappa shape index (κ3) is 2.86. The van der Waals surface area contributed by atoms with Crippen LogP contribution in [0.25, 0.3) is 5.69 Å². The quantitative estimate of drug-likeness (QED) is 0.932. The van der Waals surface area contributed by atoms with Crippen molar-refractivity contribution in [3.8, 4) is 5.69 Å². The number of aryl methyl sites for hydroxylation is 1. The molecule has 5 nitrogen and oxygen atoms in total. The summed E-state index contributed by atoms with van der Waals surface area (Å²) < 4.78 is 1.97. The van der Waals surface area contributed by atoms with Crippen molar-refractivity contribution in [3.63, 3.8) is 0 Å². The summed E-state index contributed by atoms with van der Waals surface area (Å²) in [6, 6.07) is 8.96. The highest BCUT2D eigenvalue weighted by atomic mass is 15.6. The zero-order chi connectivity index (χ0) is 16.4. The summed E-state index contributed by atoms with van der Waals surface area (Å²) in [5.41, 5.74) is 2.24. The smallest absolute Gasteiger partial charge is 0.176 e. The lowest BCUT2D eigenvalue weighted by atomic mass is 9.89. The summed E-state index contributed by atoms with van der Waals surface area (Å²) in [7, 11) is 0. The molecule has 0 atom stereocenters. The Morgan fingerprint density at radius 3 is 2.54 bits per heavy atom. The van der Waals surface area contributed by atoms with E-state index in [-0.39, 0.29) is 5.54 Å². The van der Waals surface area contributed by atoms with Crippen molar-refractivity contribution in [2.75, 3.05) is 0 Å². The number of hydrogen-bond donors (Lipinski definition) is 1. The van der Waals surface area contributed by atoms with Gasteiger partial charge in [-0.1, -0.05) is 50.3 Å². The molecule has 0 aliphatic heterocycles. The number of tetrazole rings is 1. The van der Waals surface area contributed by atoms with E-state index in [0.29, 0.717) is 6.04 Å². The first kappa shape index (κ1) is 15.8. The molecule has 0 saturated heterocycles. The number of nitrogens with zero attached hydrogens (tertiary/aromatic N) is 4. The maximum absolute atomic E-state index is 4.49. The Labute approximate surface area is 143 Å². The van der Waals surface area contributed by atoms with Gasteiger partial charge in [-0.25, -0.2) is 0 Å². The molecule has 2 aromatic rings. The fourth-order valence-electron chi connectivity index (χ4n) is 4.50. The first-order valence-corrected chi connectivity index (χ1v) is 9.41. The largest absolute Gasteiger partial charge is 0.302 e. The van der Waals surface area contributed by atoms with Gasteiger partial charge < -0.3 is 5.32 Å². The summed E-state index contributed by atoms with van der Waals surface area (Å²) in [6.07, 6.45) is 11.4. The first-order valence-electron chi connectivity index (χ1n) is 9.41. The van der Waals surface area contributed by atoms with E-state index in [0.717, 1.165) is 24.4 Å². The van der Waals surface area contributed by atoms with Crippen LogP contribution in [0.15, 0.2) is 24.3 Å². The zero-order valence-corrected chi connectivity index (χ0v) is 14.5. The van der Waals surface area contributed by atoms with E-state index in [1.54, 1.807) is 0 Å². The molecule has 1 aromatic heterocycles. The zero-order valence-electron chi connectivity index (χ0n) is 14.5. The van der Waals surface area contributed by atoms with Gasteiger partial charge in [-0.3, -0.25) is 0 Å². The molecule has 1 aromatic carbocycles. The van der Waals surface area contributed by atoms with Crippen LogP contribution in [0.1, 0.15) is 69.2 Å². The van der Waals surface area contributed by atoms with Crippen LogP contribution in [0.4, 0.5) is 0 Å². The first-order chi connectivity index (χ1) is 11.8. The standard InChI is InChI=1S/C19H27N5/c1-15-9-5-6-12-17(15)24-18(21-22-23-24)19(13-7-8-14-19)20-16-10-3-2-4-11-16/h5-6,9,12,16,20H,2-4,7-8,10-11,13-14H2,1H3. The molecule has 0 radical (unpaired) electrons. The van der Waals surface area contributed by atoms with Gasteiger partial charge in [-0.2, -0.15) is 4.68 Å². The highest BCUT2D eigenvalue weighted by Crippen LogP contribution is 2.40. The Kier molecular flexibility index (Phi) is 4.35. The van der Waals surface area contributed by atoms with E-state index in [2.05, 4.69) is 52.0 Å². The lowest BCUT2D eigenvalue weighted by Gasteiger charge is -2.35. The number of benzene rings is 1. The second-order valence-corrected chi connectivity index (χ2v) is 7.47. The average molecular weight is 325 g/mol. The van der Waals surface area contributed by atoms with Crippen LogP contribution in [0.2, 0.25) is 0 Å². The lowest BCUT2D eigenvalue weighted by Crippen LogP contribution is -2.48. The van der Waals surface area contributed by atoms with Gasteiger partial charge in [0.2, 0.25) is 0 Å². The number of nitrogens with one attached hydrogen (secondary N) is 1. The third-order valence-electron chi connectivity index (χ3n) is 5.78. The minimum absolute atomic E-state index is 0.0617. The fourth-order valence-corrected chi connectivity index (χ4v) is 4.50. The molecule has 0 spiro atoms. The molecule has 0 amide bonds. The average Bonchev–Trinajstić information content (AvgIpc) is 3.26. The molecule has 2 saturated carbocycles. The summed E-state index contributed by atoms with van der Waals surface area (Å²) in [5.74, 6) is 1.000. The maximum atomic E-state index is 4.49. The molecule has 128 valence electrons. The molecule has 0 bridgehead atoms. The highest BCUT2D eigenvalue weighted by molar-refractivity contribution is 5.40. The topological polar surface area (TPSA) is 55.6 Å². The fraction of sp³-hybridized carbons (Fsp3) is 0.632. The van der Waals surface area contributed by atoms with Crippen LogP contribution in [-0.2, 0) is 5.54 Å². The summed E-state index contributed by atoms with van der Waals surface area (Å²) in [5, 5.41) is 16.9. The molecule has 1 heterocycles. The predicted molar refractivity (Wildman–Crippen MR) is 94.0 cm³/mol. The Hall–Kier alpha value is -1.75. The van der Waals surface area contributed by atoms with Crippen LogP contribution in [-0.4, -0.2) is 26.2 Å². The van der Waals surface area contributed by atoms with Gasteiger partial charge in [0.15, 0.2) is 5.82 Å². The van der Waals surface area contributed by atoms with E-state index < -0.39 is 0 Å². The molecule has 24 heavy (non-hydrogen) atoms. The van der Waals surface area contributed by atoms with Crippen LogP contribution in [0, 0.1) is 6.92 Å². The molecule has 5 heteroatoms. The highest BCUT2D eigenvalue weighted by Gasteiger charge is 2.42. The number of hydrogen-bond acceptors (Lipinski definition) is 4. The Balaban J connectivity index is 1.70. The second-order valence-electron chi connectivity index (χ2n) is 7.47. The Bertz CT molecular complexity index is 681. The van der Waals surface area contributed by atoms with Crippen molar-refractivity contribution >= 4 is 0 Å². The molecule has 2 fully saturated rings. The van der Waals surface area contributed by atoms with Crippen LogP contribution in [0.5, 0.6) is 0 Å². The summed E-state index contributed by atoms with van der Waals surface area (Å²) >= 11 is 0. The Morgan fingerprint density at radius 1 is 1.04 bits per heavy atom. The summed E-state index contributed by atoms with van der Waals surface area (Å²) in [4.78, 5) is 0. The normalized spacial score (nSPS) is 21.2. The molecule has 2 aliphatic rings. The van der Waals surface area contributed by atoms with Gasteiger partial charge in [-0.15, -0.1) is 5.10 Å². The predicted octanol–water partition coefficient (Wildman–Crippen LogP) is 3.66. The van der Waals surface area contributed by atoms with Crippen molar-refractivity contribution in [3.05, 3.63) is 35.7 Å². The third-order valence-corrected chi connectivity index (χ3v) is 5.78. The number of para-hydroxylation sites is 1. The van der Waals surface area contributed by atoms with Crippen molar-refractivity contribution in [1.82, 2.24) is 25.5 Å². The number of aromatic nitrogens is 4. The van der Waals surface area contributed by atoms with E-state index in [1.807, 2.05) is 4.68 Å². The minimum atomic E-state index is -0.0617. The van der Waals surface area contributed by atoms with Gasteiger partial charge in [0.05, 0.1) is 11.2 Å². The monoisotopic (exact) mass is 325 g/mol. The van der Waals surface area contributed by atoms with Crippen molar-refractivity contribution in [1.29, 1.82) is 0 Å². The van der Waals surface area contributed by atoms with Gasteiger partial charge >= 0.3 is 0 Å². The Morgan fingerprint density at radius 2 is 1.79 bits per heavy atom. The van der Waals surface area contributed by atoms with E-state index >= 15 is 0 Å². The molecular weight excluding hydrogens is 298 g/mol. The van der Waals surface area contributed by atoms with Gasteiger partial charge in [0.1, 0.15) is 0 Å². The van der Waals surface area contributed by atoms with Gasteiger partial charge in [0, 0.05) is 6.04 Å². The minimum Gasteiger partial charge on any atom is -0.302 e. The molecule has 0 unspecified atom stereocenters. The van der Waals surface area contributed by atoms with Crippen LogP contribution >= 0.6 is 0 Å².